The predicted molar refractivity (Wildman–Crippen MR) is 70.6 cm³/mol. The minimum Gasteiger partial charge on any atom is -0.321 e. The van der Waals surface area contributed by atoms with E-state index in [2.05, 4.69) is 21.6 Å². The zero-order valence-electron chi connectivity index (χ0n) is 10.7. The van der Waals surface area contributed by atoms with Crippen molar-refractivity contribution in [1.29, 1.82) is 0 Å². The Morgan fingerprint density at radius 1 is 1.00 bits per heavy atom. The molecular weight excluding hydrogens is 226 g/mol. The molecule has 0 aliphatic carbocycles. The van der Waals surface area contributed by atoms with E-state index in [4.69, 9.17) is 0 Å². The molecule has 1 aromatic heterocycles. The van der Waals surface area contributed by atoms with Gasteiger partial charge in [-0.2, -0.15) is 5.10 Å². The van der Waals surface area contributed by atoms with Gasteiger partial charge in [-0.3, -0.25) is 4.79 Å². The van der Waals surface area contributed by atoms with E-state index in [1.165, 1.54) is 0 Å². The summed E-state index contributed by atoms with van der Waals surface area (Å²) in [6.07, 6.45) is 0. The van der Waals surface area contributed by atoms with Crippen molar-refractivity contribution in [2.24, 2.45) is 0 Å². The molecule has 0 radical (unpaired) electrons. The molecule has 0 saturated carbocycles. The highest BCUT2D eigenvalue weighted by molar-refractivity contribution is 6.02. The smallest absolute Gasteiger partial charge is 0.276 e. The third kappa shape index (κ3) is 2.91. The molecule has 0 saturated heterocycles. The lowest BCUT2D eigenvalue weighted by molar-refractivity contribution is 0.102. The average Bonchev–Trinajstić information content (AvgIpc) is 2.28. The zero-order chi connectivity index (χ0) is 13.1. The molecule has 2 aromatic rings. The summed E-state index contributed by atoms with van der Waals surface area (Å²) in [6, 6.07) is 9.34. The quantitative estimate of drug-likeness (QED) is 0.879. The van der Waals surface area contributed by atoms with E-state index < -0.39 is 0 Å². The summed E-state index contributed by atoms with van der Waals surface area (Å²) in [7, 11) is 0. The number of aromatic nitrogens is 2. The Hall–Kier alpha value is -2.23. The van der Waals surface area contributed by atoms with Crippen molar-refractivity contribution < 1.29 is 4.79 Å². The van der Waals surface area contributed by atoms with Gasteiger partial charge in [0.2, 0.25) is 0 Å². The number of nitrogens with zero attached hydrogens (tertiary/aromatic N) is 2. The Morgan fingerprint density at radius 3 is 2.22 bits per heavy atom. The van der Waals surface area contributed by atoms with Crippen LogP contribution in [0.25, 0.3) is 0 Å². The fraction of sp³-hybridized carbons (Fsp3) is 0.214. The van der Waals surface area contributed by atoms with Gasteiger partial charge in [-0.1, -0.05) is 6.07 Å². The van der Waals surface area contributed by atoms with Gasteiger partial charge in [0, 0.05) is 5.69 Å². The van der Waals surface area contributed by atoms with Gasteiger partial charge in [0.1, 0.15) is 0 Å². The molecule has 1 N–H and O–H groups in total. The van der Waals surface area contributed by atoms with Crippen molar-refractivity contribution in [1.82, 2.24) is 10.2 Å². The molecule has 92 valence electrons. The van der Waals surface area contributed by atoms with Crippen molar-refractivity contribution in [3.63, 3.8) is 0 Å². The van der Waals surface area contributed by atoms with Gasteiger partial charge in [0.25, 0.3) is 5.91 Å². The maximum Gasteiger partial charge on any atom is 0.276 e. The fourth-order valence-electron chi connectivity index (χ4n) is 1.76. The monoisotopic (exact) mass is 241 g/mol. The standard InChI is InChI=1S/C14H15N3O/c1-9-6-10(2)8-12(7-9)15-14(18)13-5-4-11(3)16-17-13/h4-8H,1-3H3,(H,15,18). The lowest BCUT2D eigenvalue weighted by atomic mass is 10.1. The van der Waals surface area contributed by atoms with Crippen LogP contribution in [0.5, 0.6) is 0 Å². The molecule has 1 heterocycles. The maximum absolute atomic E-state index is 11.9. The molecule has 0 aliphatic heterocycles. The Bertz CT molecular complexity index is 556. The van der Waals surface area contributed by atoms with Crippen molar-refractivity contribution in [2.75, 3.05) is 5.32 Å². The Balaban J connectivity index is 2.18. The number of anilines is 1. The summed E-state index contributed by atoms with van der Waals surface area (Å²) in [5.74, 6) is -0.243. The van der Waals surface area contributed by atoms with Crippen molar-refractivity contribution in [3.8, 4) is 0 Å². The zero-order valence-corrected chi connectivity index (χ0v) is 10.7. The van der Waals surface area contributed by atoms with Crippen LogP contribution in [0.15, 0.2) is 30.3 Å². The van der Waals surface area contributed by atoms with E-state index in [-0.39, 0.29) is 5.91 Å². The van der Waals surface area contributed by atoms with Crippen molar-refractivity contribution in [3.05, 3.63) is 52.8 Å². The Kier molecular flexibility index (Phi) is 3.37. The largest absolute Gasteiger partial charge is 0.321 e. The predicted octanol–water partition coefficient (Wildman–Crippen LogP) is 2.65. The minimum absolute atomic E-state index is 0.243. The number of hydrogen-bond acceptors (Lipinski definition) is 3. The molecule has 1 aromatic carbocycles. The van der Waals surface area contributed by atoms with E-state index in [9.17, 15) is 4.79 Å². The van der Waals surface area contributed by atoms with Crippen LogP contribution >= 0.6 is 0 Å². The van der Waals surface area contributed by atoms with Gasteiger partial charge in [0.15, 0.2) is 5.69 Å². The highest BCUT2D eigenvalue weighted by Gasteiger charge is 2.08. The second-order valence-electron chi connectivity index (χ2n) is 4.39. The van der Waals surface area contributed by atoms with Crippen LogP contribution in [0, 0.1) is 20.8 Å². The molecule has 18 heavy (non-hydrogen) atoms. The van der Waals surface area contributed by atoms with Crippen LogP contribution in [0.1, 0.15) is 27.3 Å². The number of aryl methyl sites for hydroxylation is 3. The molecule has 0 aliphatic rings. The molecular formula is C14H15N3O. The maximum atomic E-state index is 11.9. The first-order valence-corrected chi connectivity index (χ1v) is 5.74. The van der Waals surface area contributed by atoms with Crippen LogP contribution in [-0.4, -0.2) is 16.1 Å². The summed E-state index contributed by atoms with van der Waals surface area (Å²) >= 11 is 0. The van der Waals surface area contributed by atoms with E-state index in [0.717, 1.165) is 22.5 Å². The van der Waals surface area contributed by atoms with Crippen LogP contribution in [0.4, 0.5) is 5.69 Å². The molecule has 0 unspecified atom stereocenters. The number of carbonyl (C=O) groups is 1. The second-order valence-corrected chi connectivity index (χ2v) is 4.39. The molecule has 4 heteroatoms. The molecule has 2 rings (SSSR count). The fourth-order valence-corrected chi connectivity index (χ4v) is 1.76. The van der Waals surface area contributed by atoms with E-state index in [0.29, 0.717) is 5.69 Å². The summed E-state index contributed by atoms with van der Waals surface area (Å²) in [5, 5.41) is 10.5. The Morgan fingerprint density at radius 2 is 1.67 bits per heavy atom. The highest BCUT2D eigenvalue weighted by Crippen LogP contribution is 2.14. The number of rotatable bonds is 2. The number of carbonyl (C=O) groups excluding carboxylic acids is 1. The van der Waals surface area contributed by atoms with Gasteiger partial charge in [-0.15, -0.1) is 5.10 Å². The normalized spacial score (nSPS) is 10.2. The Labute approximate surface area is 106 Å². The first-order valence-electron chi connectivity index (χ1n) is 5.74. The average molecular weight is 241 g/mol. The lowest BCUT2D eigenvalue weighted by Crippen LogP contribution is -2.14. The summed E-state index contributed by atoms with van der Waals surface area (Å²) in [5.41, 5.74) is 4.11. The molecule has 0 spiro atoms. The number of hydrogen-bond donors (Lipinski definition) is 1. The van der Waals surface area contributed by atoms with Gasteiger partial charge in [0.05, 0.1) is 5.69 Å². The number of amides is 1. The number of benzene rings is 1. The molecule has 1 amide bonds. The number of nitrogens with one attached hydrogen (secondary N) is 1. The third-order valence-corrected chi connectivity index (χ3v) is 2.51. The van der Waals surface area contributed by atoms with Crippen molar-refractivity contribution >= 4 is 11.6 Å². The van der Waals surface area contributed by atoms with Gasteiger partial charge in [-0.25, -0.2) is 0 Å². The highest BCUT2D eigenvalue weighted by atomic mass is 16.1. The van der Waals surface area contributed by atoms with E-state index >= 15 is 0 Å². The second kappa shape index (κ2) is 4.96. The van der Waals surface area contributed by atoms with E-state index in [1.807, 2.05) is 32.9 Å². The molecule has 4 nitrogen and oxygen atoms in total. The molecule has 0 fully saturated rings. The van der Waals surface area contributed by atoms with Gasteiger partial charge < -0.3 is 5.32 Å². The summed E-state index contributed by atoms with van der Waals surface area (Å²) in [4.78, 5) is 11.9. The first-order chi connectivity index (χ1) is 8.54. The van der Waals surface area contributed by atoms with E-state index in [1.54, 1.807) is 12.1 Å². The van der Waals surface area contributed by atoms with Crippen LogP contribution < -0.4 is 5.32 Å². The minimum atomic E-state index is -0.243. The third-order valence-electron chi connectivity index (χ3n) is 2.51. The summed E-state index contributed by atoms with van der Waals surface area (Å²) < 4.78 is 0. The topological polar surface area (TPSA) is 54.9 Å². The lowest BCUT2D eigenvalue weighted by Gasteiger charge is -2.06. The molecule has 0 atom stereocenters. The van der Waals surface area contributed by atoms with Crippen LogP contribution in [-0.2, 0) is 0 Å². The van der Waals surface area contributed by atoms with Gasteiger partial charge >= 0.3 is 0 Å². The summed E-state index contributed by atoms with van der Waals surface area (Å²) in [6.45, 7) is 5.82. The SMILES string of the molecule is Cc1cc(C)cc(NC(=O)c2ccc(C)nn2)c1. The first kappa shape index (κ1) is 12.2. The molecule has 0 bridgehead atoms. The van der Waals surface area contributed by atoms with Gasteiger partial charge in [-0.05, 0) is 56.2 Å². The van der Waals surface area contributed by atoms with Crippen LogP contribution in [0.2, 0.25) is 0 Å². The van der Waals surface area contributed by atoms with Crippen molar-refractivity contribution in [2.45, 2.75) is 20.8 Å². The van der Waals surface area contributed by atoms with Crippen LogP contribution in [0.3, 0.4) is 0 Å².